The third kappa shape index (κ3) is 4.84. The van der Waals surface area contributed by atoms with Crippen LogP contribution >= 0.6 is 0 Å². The highest BCUT2D eigenvalue weighted by Crippen LogP contribution is 2.22. The Morgan fingerprint density at radius 2 is 1.76 bits per heavy atom. The molecule has 0 fully saturated rings. The van der Waals surface area contributed by atoms with E-state index in [9.17, 15) is 19.2 Å². The van der Waals surface area contributed by atoms with E-state index in [2.05, 4.69) is 15.6 Å². The maximum Gasteiger partial charge on any atom is 0.261 e. The Hall–Kier alpha value is -3.55. The molecule has 0 aliphatic carbocycles. The third-order valence-corrected chi connectivity index (χ3v) is 4.62. The molecular weight excluding hydrogens is 372 g/mol. The minimum Gasteiger partial charge on any atom is -0.350 e. The van der Waals surface area contributed by atoms with Crippen LogP contribution in [0.2, 0.25) is 0 Å². The number of fused-ring (bicyclic) bond motifs is 1. The van der Waals surface area contributed by atoms with Gasteiger partial charge in [0, 0.05) is 31.9 Å². The third-order valence-electron chi connectivity index (χ3n) is 4.62. The van der Waals surface area contributed by atoms with Crippen molar-refractivity contribution in [2.45, 2.75) is 32.4 Å². The van der Waals surface area contributed by atoms with Gasteiger partial charge in [-0.25, -0.2) is 0 Å². The number of rotatable bonds is 8. The molecule has 2 N–H and O–H groups in total. The molecule has 1 atom stereocenters. The average Bonchev–Trinajstić information content (AvgIpc) is 2.97. The molecule has 1 aromatic carbocycles. The standard InChI is InChI=1S/C21H22N4O4/c1-14(19(27)23-13-15-6-4-10-22-12-15)24-18(26)9-5-11-25-20(28)16-7-2-3-8-17(16)21(25)29/h2-4,6-8,10,12,14H,5,9,11,13H2,1H3,(H,23,27)(H,24,26)/t14-/m0/s1. The number of carbonyl (C=O) groups is 4. The molecule has 1 aromatic heterocycles. The zero-order chi connectivity index (χ0) is 20.8. The Bertz CT molecular complexity index is 894. The smallest absolute Gasteiger partial charge is 0.261 e. The van der Waals surface area contributed by atoms with Gasteiger partial charge >= 0.3 is 0 Å². The lowest BCUT2D eigenvalue weighted by molar-refractivity contribution is -0.128. The first kappa shape index (κ1) is 20.2. The molecule has 2 aromatic rings. The number of nitrogens with one attached hydrogen (secondary N) is 2. The van der Waals surface area contributed by atoms with Crippen molar-refractivity contribution in [2.75, 3.05) is 6.54 Å². The van der Waals surface area contributed by atoms with Crippen molar-refractivity contribution >= 4 is 23.6 Å². The number of imide groups is 1. The molecule has 0 bridgehead atoms. The van der Waals surface area contributed by atoms with Crippen molar-refractivity contribution < 1.29 is 19.2 Å². The molecule has 0 unspecified atom stereocenters. The number of carbonyl (C=O) groups excluding carboxylic acids is 4. The minimum atomic E-state index is -0.696. The predicted octanol–water partition coefficient (Wildman–Crippen LogP) is 1.28. The van der Waals surface area contributed by atoms with Gasteiger partial charge in [-0.3, -0.25) is 29.1 Å². The molecule has 4 amide bonds. The maximum absolute atomic E-state index is 12.3. The van der Waals surface area contributed by atoms with Crippen molar-refractivity contribution in [3.8, 4) is 0 Å². The molecule has 1 aliphatic heterocycles. The van der Waals surface area contributed by atoms with Crippen molar-refractivity contribution in [3.63, 3.8) is 0 Å². The molecule has 0 saturated heterocycles. The molecule has 1 aliphatic rings. The predicted molar refractivity (Wildman–Crippen MR) is 105 cm³/mol. The molecule has 8 heteroatoms. The van der Waals surface area contributed by atoms with Crippen LogP contribution in [0.3, 0.4) is 0 Å². The topological polar surface area (TPSA) is 108 Å². The number of nitrogens with zero attached hydrogens (tertiary/aromatic N) is 2. The van der Waals surface area contributed by atoms with Crippen LogP contribution < -0.4 is 10.6 Å². The second-order valence-electron chi connectivity index (χ2n) is 6.78. The van der Waals surface area contributed by atoms with Crippen LogP contribution in [0.25, 0.3) is 0 Å². The highest BCUT2D eigenvalue weighted by atomic mass is 16.2. The Kier molecular flexibility index (Phi) is 6.33. The first-order valence-corrected chi connectivity index (χ1v) is 9.38. The van der Waals surface area contributed by atoms with Crippen LogP contribution in [0.1, 0.15) is 46.0 Å². The molecule has 0 saturated carbocycles. The molecule has 3 rings (SSSR count). The van der Waals surface area contributed by atoms with E-state index in [1.165, 1.54) is 0 Å². The molecular formula is C21H22N4O4. The summed E-state index contributed by atoms with van der Waals surface area (Å²) in [5.41, 5.74) is 1.64. The zero-order valence-electron chi connectivity index (χ0n) is 16.1. The van der Waals surface area contributed by atoms with Crippen molar-refractivity contribution in [3.05, 3.63) is 65.5 Å². The summed E-state index contributed by atoms with van der Waals surface area (Å²) in [6.07, 6.45) is 3.73. The van der Waals surface area contributed by atoms with E-state index in [1.54, 1.807) is 49.6 Å². The summed E-state index contributed by atoms with van der Waals surface area (Å²) in [5.74, 6) is -1.29. The van der Waals surface area contributed by atoms with Crippen LogP contribution in [0, 0.1) is 0 Å². The van der Waals surface area contributed by atoms with E-state index in [0.717, 1.165) is 10.5 Å². The summed E-state index contributed by atoms with van der Waals surface area (Å²) >= 11 is 0. The fourth-order valence-corrected chi connectivity index (χ4v) is 3.06. The summed E-state index contributed by atoms with van der Waals surface area (Å²) in [7, 11) is 0. The quantitative estimate of drug-likeness (QED) is 0.656. The fraction of sp³-hybridized carbons (Fsp3) is 0.286. The second kappa shape index (κ2) is 9.09. The van der Waals surface area contributed by atoms with Gasteiger partial charge in [0.05, 0.1) is 11.1 Å². The molecule has 0 spiro atoms. The number of benzene rings is 1. The molecule has 0 radical (unpaired) electrons. The Labute approximate surface area is 168 Å². The number of amides is 4. The monoisotopic (exact) mass is 394 g/mol. The fourth-order valence-electron chi connectivity index (χ4n) is 3.06. The summed E-state index contributed by atoms with van der Waals surface area (Å²) < 4.78 is 0. The Balaban J connectivity index is 1.40. The highest BCUT2D eigenvalue weighted by molar-refractivity contribution is 6.21. The van der Waals surface area contributed by atoms with E-state index in [4.69, 9.17) is 0 Å². The first-order valence-electron chi connectivity index (χ1n) is 9.38. The lowest BCUT2D eigenvalue weighted by Crippen LogP contribution is -2.44. The molecule has 8 nitrogen and oxygen atoms in total. The normalized spacial score (nSPS) is 13.8. The van der Waals surface area contributed by atoms with Crippen molar-refractivity contribution in [1.82, 2.24) is 20.5 Å². The van der Waals surface area contributed by atoms with E-state index in [0.29, 0.717) is 24.1 Å². The zero-order valence-corrected chi connectivity index (χ0v) is 16.1. The molecule has 2 heterocycles. The van der Waals surface area contributed by atoms with Crippen LogP contribution in [0.15, 0.2) is 48.8 Å². The highest BCUT2D eigenvalue weighted by Gasteiger charge is 2.34. The number of hydrogen-bond acceptors (Lipinski definition) is 5. The van der Waals surface area contributed by atoms with Gasteiger partial charge in [0.25, 0.3) is 11.8 Å². The van der Waals surface area contributed by atoms with Crippen LogP contribution in [0.5, 0.6) is 0 Å². The van der Waals surface area contributed by atoms with Crippen LogP contribution in [0.4, 0.5) is 0 Å². The van der Waals surface area contributed by atoms with Gasteiger partial charge in [-0.05, 0) is 37.1 Å². The van der Waals surface area contributed by atoms with Gasteiger partial charge in [-0.1, -0.05) is 18.2 Å². The largest absolute Gasteiger partial charge is 0.350 e. The minimum absolute atomic E-state index is 0.105. The number of pyridine rings is 1. The number of hydrogen-bond donors (Lipinski definition) is 2. The van der Waals surface area contributed by atoms with Crippen LogP contribution in [-0.2, 0) is 16.1 Å². The second-order valence-corrected chi connectivity index (χ2v) is 6.78. The van der Waals surface area contributed by atoms with E-state index >= 15 is 0 Å². The summed E-state index contributed by atoms with van der Waals surface area (Å²) in [4.78, 5) is 53.9. The van der Waals surface area contributed by atoms with Gasteiger partial charge in [0.1, 0.15) is 6.04 Å². The van der Waals surface area contributed by atoms with Crippen molar-refractivity contribution in [2.24, 2.45) is 0 Å². The number of aromatic nitrogens is 1. The van der Waals surface area contributed by atoms with E-state index in [-0.39, 0.29) is 36.6 Å². The lowest BCUT2D eigenvalue weighted by atomic mass is 10.1. The van der Waals surface area contributed by atoms with E-state index < -0.39 is 6.04 Å². The average molecular weight is 394 g/mol. The van der Waals surface area contributed by atoms with Gasteiger partial charge in [-0.2, -0.15) is 0 Å². The summed E-state index contributed by atoms with van der Waals surface area (Å²) in [5, 5.41) is 5.36. The maximum atomic E-state index is 12.3. The summed E-state index contributed by atoms with van der Waals surface area (Å²) in [6, 6.07) is 9.58. The van der Waals surface area contributed by atoms with Crippen molar-refractivity contribution in [1.29, 1.82) is 0 Å². The SMILES string of the molecule is C[C@H](NC(=O)CCCN1C(=O)c2ccccc2C1=O)C(=O)NCc1cccnc1. The van der Waals surface area contributed by atoms with Gasteiger partial charge in [-0.15, -0.1) is 0 Å². The molecule has 29 heavy (non-hydrogen) atoms. The van der Waals surface area contributed by atoms with Gasteiger partial charge in [0.2, 0.25) is 11.8 Å². The van der Waals surface area contributed by atoms with E-state index in [1.807, 2.05) is 6.07 Å². The Morgan fingerprint density at radius 1 is 1.07 bits per heavy atom. The van der Waals surface area contributed by atoms with Gasteiger partial charge < -0.3 is 10.6 Å². The first-order chi connectivity index (χ1) is 14.0. The van der Waals surface area contributed by atoms with Crippen LogP contribution in [-0.4, -0.2) is 46.1 Å². The molecule has 150 valence electrons. The summed E-state index contributed by atoms with van der Waals surface area (Å²) in [6.45, 7) is 2.08. The van der Waals surface area contributed by atoms with Gasteiger partial charge in [0.15, 0.2) is 0 Å². The Morgan fingerprint density at radius 3 is 2.38 bits per heavy atom. The lowest BCUT2D eigenvalue weighted by Gasteiger charge is -2.16.